The van der Waals surface area contributed by atoms with Crippen LogP contribution in [0.3, 0.4) is 0 Å². The monoisotopic (exact) mass is 384 g/mol. The molecule has 2 aliphatic rings. The zero-order chi connectivity index (χ0) is 19.1. The van der Waals surface area contributed by atoms with Gasteiger partial charge in [0.15, 0.2) is 5.13 Å². The van der Waals surface area contributed by atoms with Crippen LogP contribution in [-0.2, 0) is 9.59 Å². The topological polar surface area (TPSA) is 82.6 Å². The van der Waals surface area contributed by atoms with Gasteiger partial charge in [-0.25, -0.2) is 4.98 Å². The lowest BCUT2D eigenvalue weighted by molar-refractivity contribution is -0.124. The Kier molecular flexibility index (Phi) is 4.43. The molecule has 4 rings (SSSR count). The molecule has 1 aromatic heterocycles. The van der Waals surface area contributed by atoms with Gasteiger partial charge in [-0.15, -0.1) is 11.3 Å². The summed E-state index contributed by atoms with van der Waals surface area (Å²) in [5.74, 6) is -0.672. The van der Waals surface area contributed by atoms with Gasteiger partial charge in [0, 0.05) is 11.4 Å². The van der Waals surface area contributed by atoms with Crippen LogP contribution in [0.5, 0.6) is 0 Å². The Balaban J connectivity index is 1.63. The van der Waals surface area contributed by atoms with Gasteiger partial charge in [0.25, 0.3) is 5.91 Å². The molecule has 1 aromatic carbocycles. The van der Waals surface area contributed by atoms with Gasteiger partial charge in [0.1, 0.15) is 12.6 Å². The van der Waals surface area contributed by atoms with Crippen LogP contribution < -0.4 is 10.2 Å². The predicted molar refractivity (Wildman–Crippen MR) is 103 cm³/mol. The number of aromatic nitrogens is 1. The summed E-state index contributed by atoms with van der Waals surface area (Å²) in [7, 11) is 0. The normalized spacial score (nSPS) is 19.0. The molecule has 3 heterocycles. The smallest absolute Gasteiger partial charge is 0.256 e. The third kappa shape index (κ3) is 3.10. The molecular weight excluding hydrogens is 364 g/mol. The standard InChI is InChI=1S/C19H20N4O3S/c1-11-12(2)27-19(20-11)21-16(24)10-23-14-7-4-3-6-13(14)17(25)22-9-5-8-15(22)18(23)26/h3-4,6-7,15H,5,8-10H2,1-2H3,(H,20,21,24). The van der Waals surface area contributed by atoms with Crippen molar-refractivity contribution in [3.05, 3.63) is 40.4 Å². The number of nitrogens with one attached hydrogen (secondary N) is 1. The van der Waals surface area contributed by atoms with Crippen molar-refractivity contribution in [2.45, 2.75) is 32.7 Å². The summed E-state index contributed by atoms with van der Waals surface area (Å²) in [5, 5.41) is 3.29. The second-order valence-electron chi connectivity index (χ2n) is 6.81. The van der Waals surface area contributed by atoms with E-state index in [2.05, 4.69) is 10.3 Å². The molecule has 8 heteroatoms. The highest BCUT2D eigenvalue weighted by Gasteiger charge is 2.42. The molecule has 0 radical (unpaired) electrons. The fraction of sp³-hybridized carbons (Fsp3) is 0.368. The van der Waals surface area contributed by atoms with Crippen molar-refractivity contribution in [3.8, 4) is 0 Å². The number of para-hydroxylation sites is 1. The maximum Gasteiger partial charge on any atom is 0.256 e. The number of carbonyl (C=O) groups is 3. The molecule has 1 N–H and O–H groups in total. The van der Waals surface area contributed by atoms with Crippen molar-refractivity contribution >= 4 is 39.9 Å². The van der Waals surface area contributed by atoms with Crippen LogP contribution in [-0.4, -0.2) is 46.7 Å². The van der Waals surface area contributed by atoms with E-state index in [1.54, 1.807) is 29.2 Å². The number of nitrogens with zero attached hydrogens (tertiary/aromatic N) is 3. The van der Waals surface area contributed by atoms with Crippen LogP contribution >= 0.6 is 11.3 Å². The number of anilines is 2. The van der Waals surface area contributed by atoms with Crippen LogP contribution in [0.4, 0.5) is 10.8 Å². The highest BCUT2D eigenvalue weighted by atomic mass is 32.1. The number of amides is 3. The Morgan fingerprint density at radius 2 is 2.07 bits per heavy atom. The zero-order valence-electron chi connectivity index (χ0n) is 15.2. The molecule has 1 saturated heterocycles. The Morgan fingerprint density at radius 3 is 2.81 bits per heavy atom. The van der Waals surface area contributed by atoms with E-state index in [9.17, 15) is 14.4 Å². The van der Waals surface area contributed by atoms with Crippen LogP contribution in [0.15, 0.2) is 24.3 Å². The van der Waals surface area contributed by atoms with E-state index in [4.69, 9.17) is 0 Å². The summed E-state index contributed by atoms with van der Waals surface area (Å²) in [6, 6.07) is 6.48. The van der Waals surface area contributed by atoms with E-state index in [0.717, 1.165) is 17.0 Å². The summed E-state index contributed by atoms with van der Waals surface area (Å²) in [4.78, 5) is 47.0. The second kappa shape index (κ2) is 6.77. The minimum atomic E-state index is -0.498. The average Bonchev–Trinajstić information content (AvgIpc) is 3.23. The molecule has 0 aliphatic carbocycles. The SMILES string of the molecule is Cc1nc(NC(=O)CN2C(=O)C3CCCN3C(=O)c3ccccc32)sc1C. The summed E-state index contributed by atoms with van der Waals surface area (Å²) < 4.78 is 0. The van der Waals surface area contributed by atoms with E-state index in [-0.39, 0.29) is 24.3 Å². The highest BCUT2D eigenvalue weighted by Crippen LogP contribution is 2.32. The van der Waals surface area contributed by atoms with Gasteiger partial charge in [0.05, 0.1) is 16.9 Å². The van der Waals surface area contributed by atoms with Gasteiger partial charge in [-0.05, 0) is 38.8 Å². The van der Waals surface area contributed by atoms with Crippen molar-refractivity contribution in [1.29, 1.82) is 0 Å². The van der Waals surface area contributed by atoms with Crippen molar-refractivity contribution in [2.24, 2.45) is 0 Å². The molecule has 0 bridgehead atoms. The molecule has 1 atom stereocenters. The van der Waals surface area contributed by atoms with E-state index in [1.807, 2.05) is 13.8 Å². The number of benzene rings is 1. The number of rotatable bonds is 3. The molecule has 2 aromatic rings. The van der Waals surface area contributed by atoms with Crippen molar-refractivity contribution in [2.75, 3.05) is 23.3 Å². The lowest BCUT2D eigenvalue weighted by Crippen LogP contribution is -2.47. The molecular formula is C19H20N4O3S. The van der Waals surface area contributed by atoms with Crippen molar-refractivity contribution in [3.63, 3.8) is 0 Å². The number of aryl methyl sites for hydroxylation is 2. The fourth-order valence-corrected chi connectivity index (χ4v) is 4.43. The van der Waals surface area contributed by atoms with Crippen molar-refractivity contribution in [1.82, 2.24) is 9.88 Å². The summed E-state index contributed by atoms with van der Waals surface area (Å²) in [6.07, 6.45) is 1.42. The zero-order valence-corrected chi connectivity index (χ0v) is 16.0. The second-order valence-corrected chi connectivity index (χ2v) is 8.01. The number of fused-ring (bicyclic) bond motifs is 2. The Hall–Kier alpha value is -2.74. The van der Waals surface area contributed by atoms with Gasteiger partial charge in [0.2, 0.25) is 11.8 Å². The minimum Gasteiger partial charge on any atom is -0.327 e. The third-order valence-electron chi connectivity index (χ3n) is 5.07. The summed E-state index contributed by atoms with van der Waals surface area (Å²) in [6.45, 7) is 4.25. The Morgan fingerprint density at radius 1 is 1.30 bits per heavy atom. The Bertz CT molecular complexity index is 919. The largest absolute Gasteiger partial charge is 0.327 e. The number of thiazole rings is 1. The molecule has 1 fully saturated rings. The molecule has 27 heavy (non-hydrogen) atoms. The fourth-order valence-electron chi connectivity index (χ4n) is 3.60. The first-order valence-corrected chi connectivity index (χ1v) is 9.72. The first-order valence-electron chi connectivity index (χ1n) is 8.91. The minimum absolute atomic E-state index is 0.143. The number of hydrogen-bond acceptors (Lipinski definition) is 5. The quantitative estimate of drug-likeness (QED) is 0.881. The van der Waals surface area contributed by atoms with Crippen LogP contribution in [0.25, 0.3) is 0 Å². The van der Waals surface area contributed by atoms with E-state index >= 15 is 0 Å². The first kappa shape index (κ1) is 17.7. The number of hydrogen-bond donors (Lipinski definition) is 1. The van der Waals surface area contributed by atoms with Crippen LogP contribution in [0, 0.1) is 13.8 Å². The maximum absolute atomic E-state index is 13.1. The lowest BCUT2D eigenvalue weighted by Gasteiger charge is -2.25. The number of carbonyl (C=O) groups excluding carboxylic acids is 3. The molecule has 2 aliphatic heterocycles. The summed E-state index contributed by atoms with van der Waals surface area (Å²) >= 11 is 1.40. The maximum atomic E-state index is 13.1. The van der Waals surface area contributed by atoms with Crippen LogP contribution in [0.1, 0.15) is 33.8 Å². The van der Waals surface area contributed by atoms with Gasteiger partial charge < -0.3 is 15.1 Å². The van der Waals surface area contributed by atoms with E-state index in [0.29, 0.717) is 29.3 Å². The van der Waals surface area contributed by atoms with Gasteiger partial charge in [-0.3, -0.25) is 14.4 Å². The third-order valence-corrected chi connectivity index (χ3v) is 6.05. The van der Waals surface area contributed by atoms with Gasteiger partial charge in [-0.2, -0.15) is 0 Å². The Labute approximate surface area is 161 Å². The molecule has 0 spiro atoms. The average molecular weight is 384 g/mol. The van der Waals surface area contributed by atoms with E-state index in [1.165, 1.54) is 16.2 Å². The first-order chi connectivity index (χ1) is 13.0. The van der Waals surface area contributed by atoms with Gasteiger partial charge in [-0.1, -0.05) is 12.1 Å². The molecule has 7 nitrogen and oxygen atoms in total. The van der Waals surface area contributed by atoms with E-state index < -0.39 is 6.04 Å². The summed E-state index contributed by atoms with van der Waals surface area (Å²) in [5.41, 5.74) is 1.83. The predicted octanol–water partition coefficient (Wildman–Crippen LogP) is 2.35. The van der Waals surface area contributed by atoms with Crippen LogP contribution in [0.2, 0.25) is 0 Å². The van der Waals surface area contributed by atoms with Gasteiger partial charge >= 0.3 is 0 Å². The molecule has 140 valence electrons. The molecule has 0 saturated carbocycles. The molecule has 3 amide bonds. The highest BCUT2D eigenvalue weighted by molar-refractivity contribution is 7.15. The lowest BCUT2D eigenvalue weighted by atomic mass is 10.1. The van der Waals surface area contributed by atoms with Crippen molar-refractivity contribution < 1.29 is 14.4 Å². The molecule has 1 unspecified atom stereocenters.